The topological polar surface area (TPSA) is 56.8 Å². The molecule has 2 aliphatic rings. The molecule has 2 fully saturated rings. The zero-order chi connectivity index (χ0) is 13.6. The van der Waals surface area contributed by atoms with Crippen molar-refractivity contribution in [2.24, 2.45) is 0 Å². The maximum absolute atomic E-state index is 11.8. The van der Waals surface area contributed by atoms with Crippen LogP contribution >= 0.6 is 0 Å². The summed E-state index contributed by atoms with van der Waals surface area (Å²) in [6, 6.07) is 0.276. The van der Waals surface area contributed by atoms with Crippen LogP contribution < -0.4 is 5.32 Å². The van der Waals surface area contributed by atoms with Crippen molar-refractivity contribution in [3.8, 4) is 0 Å². The number of nitrogens with one attached hydrogen (secondary N) is 1. The Hall–Kier alpha value is -0.650. The molecule has 0 atom stereocenters. The van der Waals surface area contributed by atoms with Crippen LogP contribution in [-0.4, -0.2) is 44.2 Å². The molecule has 5 nitrogen and oxygen atoms in total. The van der Waals surface area contributed by atoms with Crippen LogP contribution in [-0.2, 0) is 19.0 Å². The Bertz CT molecular complexity index is 279. The molecular weight excluding hydrogens is 246 g/mol. The molecule has 1 saturated carbocycles. The van der Waals surface area contributed by atoms with E-state index >= 15 is 0 Å². The number of carbonyl (C=O) groups is 1. The molecule has 1 aliphatic carbocycles. The van der Waals surface area contributed by atoms with Gasteiger partial charge in [0.2, 0.25) is 5.91 Å². The first-order chi connectivity index (χ1) is 9.24. The fourth-order valence-corrected chi connectivity index (χ4v) is 2.77. The summed E-state index contributed by atoms with van der Waals surface area (Å²) in [5.41, 5.74) is 0. The van der Waals surface area contributed by atoms with Crippen molar-refractivity contribution in [3.63, 3.8) is 0 Å². The zero-order valence-electron chi connectivity index (χ0n) is 11.8. The minimum absolute atomic E-state index is 0.133. The maximum Gasteiger partial charge on any atom is 0.220 e. The number of carbonyl (C=O) groups excluding carboxylic acids is 1. The minimum Gasteiger partial charge on any atom is -0.382 e. The molecule has 0 aromatic rings. The number of rotatable bonds is 6. The van der Waals surface area contributed by atoms with E-state index in [-0.39, 0.29) is 17.7 Å². The zero-order valence-corrected chi connectivity index (χ0v) is 11.8. The third kappa shape index (κ3) is 4.44. The summed E-state index contributed by atoms with van der Waals surface area (Å²) in [6.45, 7) is 4.75. The van der Waals surface area contributed by atoms with Crippen LogP contribution in [0.15, 0.2) is 0 Å². The van der Waals surface area contributed by atoms with Crippen molar-refractivity contribution in [1.82, 2.24) is 5.32 Å². The van der Waals surface area contributed by atoms with E-state index in [1.807, 2.05) is 6.92 Å². The molecule has 1 heterocycles. The lowest BCUT2D eigenvalue weighted by Gasteiger charge is -2.35. The van der Waals surface area contributed by atoms with Crippen LogP contribution in [0.4, 0.5) is 0 Å². The highest BCUT2D eigenvalue weighted by molar-refractivity contribution is 5.76. The molecule has 110 valence electrons. The summed E-state index contributed by atoms with van der Waals surface area (Å²) < 4.78 is 16.6. The quantitative estimate of drug-likeness (QED) is 0.746. The summed E-state index contributed by atoms with van der Waals surface area (Å²) in [7, 11) is 0. The average Bonchev–Trinajstić information content (AvgIpc) is 2.86. The van der Waals surface area contributed by atoms with Gasteiger partial charge in [0.05, 0.1) is 13.2 Å². The molecule has 0 radical (unpaired) electrons. The second-order valence-corrected chi connectivity index (χ2v) is 5.25. The summed E-state index contributed by atoms with van der Waals surface area (Å²) in [6.07, 6.45) is 5.00. The lowest BCUT2D eigenvalue weighted by atomic mass is 9.90. The molecule has 0 unspecified atom stereocenters. The summed E-state index contributed by atoms with van der Waals surface area (Å²) in [5.74, 6) is -0.204. The van der Waals surface area contributed by atoms with E-state index in [9.17, 15) is 4.79 Å². The van der Waals surface area contributed by atoms with Crippen LogP contribution in [0.1, 0.15) is 45.4 Å². The molecule has 0 bridgehead atoms. The number of ether oxygens (including phenoxy) is 3. The highest BCUT2D eigenvalue weighted by Crippen LogP contribution is 2.35. The Balaban J connectivity index is 1.61. The van der Waals surface area contributed by atoms with Crippen LogP contribution in [0.5, 0.6) is 0 Å². The summed E-state index contributed by atoms with van der Waals surface area (Å²) >= 11 is 0. The normalized spacial score (nSPS) is 22.8. The van der Waals surface area contributed by atoms with Crippen molar-refractivity contribution in [2.75, 3.05) is 26.4 Å². The lowest BCUT2D eigenvalue weighted by Crippen LogP contribution is -2.44. The van der Waals surface area contributed by atoms with Gasteiger partial charge < -0.3 is 19.5 Å². The van der Waals surface area contributed by atoms with Gasteiger partial charge in [-0.15, -0.1) is 0 Å². The SMILES string of the molecule is CCOCCCC(=O)NC1CCC2(CC1)OCCO2. The highest BCUT2D eigenvalue weighted by Gasteiger charge is 2.40. The maximum atomic E-state index is 11.8. The van der Waals surface area contributed by atoms with E-state index in [1.165, 1.54) is 0 Å². The Morgan fingerprint density at radius 2 is 2.00 bits per heavy atom. The monoisotopic (exact) mass is 271 g/mol. The third-order valence-electron chi connectivity index (χ3n) is 3.82. The van der Waals surface area contributed by atoms with Crippen LogP contribution in [0.25, 0.3) is 0 Å². The van der Waals surface area contributed by atoms with Crippen LogP contribution in [0.2, 0.25) is 0 Å². The van der Waals surface area contributed by atoms with Gasteiger partial charge in [-0.1, -0.05) is 0 Å². The predicted octanol–water partition coefficient (Wildman–Crippen LogP) is 1.60. The molecule has 1 aliphatic heterocycles. The molecule has 1 amide bonds. The number of hydrogen-bond donors (Lipinski definition) is 1. The Labute approximate surface area is 115 Å². The van der Waals surface area contributed by atoms with Gasteiger partial charge in [0.25, 0.3) is 0 Å². The summed E-state index contributed by atoms with van der Waals surface area (Å²) in [5, 5.41) is 3.10. The molecule has 0 aromatic heterocycles. The largest absolute Gasteiger partial charge is 0.382 e. The Morgan fingerprint density at radius 3 is 2.63 bits per heavy atom. The van der Waals surface area contributed by atoms with E-state index in [2.05, 4.69) is 5.32 Å². The van der Waals surface area contributed by atoms with Gasteiger partial charge in [-0.3, -0.25) is 4.79 Å². The second kappa shape index (κ2) is 7.22. The van der Waals surface area contributed by atoms with Crippen molar-refractivity contribution in [1.29, 1.82) is 0 Å². The number of amides is 1. The van der Waals surface area contributed by atoms with E-state index in [0.29, 0.717) is 32.8 Å². The van der Waals surface area contributed by atoms with E-state index < -0.39 is 0 Å². The molecule has 5 heteroatoms. The predicted molar refractivity (Wildman–Crippen MR) is 70.8 cm³/mol. The third-order valence-corrected chi connectivity index (χ3v) is 3.82. The molecule has 0 aromatic carbocycles. The van der Waals surface area contributed by atoms with Gasteiger partial charge in [-0.2, -0.15) is 0 Å². The molecule has 2 rings (SSSR count). The Kier molecular flexibility index (Phi) is 5.60. The van der Waals surface area contributed by atoms with Gasteiger partial charge in [0, 0.05) is 38.5 Å². The first-order valence-electron chi connectivity index (χ1n) is 7.39. The standard InChI is InChI=1S/C14H25NO4/c1-2-17-9-3-4-13(16)15-12-5-7-14(8-6-12)18-10-11-19-14/h12H,2-11H2,1H3,(H,15,16). The van der Waals surface area contributed by atoms with Gasteiger partial charge in [0.1, 0.15) is 0 Å². The smallest absolute Gasteiger partial charge is 0.220 e. The van der Waals surface area contributed by atoms with Gasteiger partial charge in [-0.25, -0.2) is 0 Å². The molecule has 19 heavy (non-hydrogen) atoms. The first-order valence-corrected chi connectivity index (χ1v) is 7.39. The van der Waals surface area contributed by atoms with Crippen molar-refractivity contribution >= 4 is 5.91 Å². The first kappa shape index (κ1) is 14.8. The number of hydrogen-bond acceptors (Lipinski definition) is 4. The molecular formula is C14H25NO4. The van der Waals surface area contributed by atoms with Gasteiger partial charge in [-0.05, 0) is 26.2 Å². The second-order valence-electron chi connectivity index (χ2n) is 5.25. The highest BCUT2D eigenvalue weighted by atomic mass is 16.7. The lowest BCUT2D eigenvalue weighted by molar-refractivity contribution is -0.180. The van der Waals surface area contributed by atoms with E-state index in [0.717, 1.165) is 32.1 Å². The minimum atomic E-state index is -0.337. The van der Waals surface area contributed by atoms with Crippen LogP contribution in [0.3, 0.4) is 0 Å². The molecule has 1 spiro atoms. The van der Waals surface area contributed by atoms with Crippen LogP contribution in [0, 0.1) is 0 Å². The van der Waals surface area contributed by atoms with Crippen molar-refractivity contribution in [3.05, 3.63) is 0 Å². The van der Waals surface area contributed by atoms with E-state index in [1.54, 1.807) is 0 Å². The fraction of sp³-hybridized carbons (Fsp3) is 0.929. The average molecular weight is 271 g/mol. The van der Waals surface area contributed by atoms with Gasteiger partial charge >= 0.3 is 0 Å². The molecule has 1 saturated heterocycles. The summed E-state index contributed by atoms with van der Waals surface area (Å²) in [4.78, 5) is 11.8. The van der Waals surface area contributed by atoms with E-state index in [4.69, 9.17) is 14.2 Å². The Morgan fingerprint density at radius 1 is 1.32 bits per heavy atom. The fourth-order valence-electron chi connectivity index (χ4n) is 2.77. The molecule has 1 N–H and O–H groups in total. The van der Waals surface area contributed by atoms with Crippen molar-refractivity contribution < 1.29 is 19.0 Å². The van der Waals surface area contributed by atoms with Crippen molar-refractivity contribution in [2.45, 2.75) is 57.3 Å². The van der Waals surface area contributed by atoms with Gasteiger partial charge in [0.15, 0.2) is 5.79 Å².